The maximum absolute atomic E-state index is 5.22. The number of aromatic nitrogens is 1. The van der Waals surface area contributed by atoms with E-state index in [1.165, 1.54) is 16.8 Å². The van der Waals surface area contributed by atoms with Crippen molar-refractivity contribution < 1.29 is 4.52 Å². The molecule has 6 heteroatoms. The molecule has 0 spiro atoms. The topological polar surface area (TPSA) is 65.7 Å². The number of aliphatic imine (C=N–C) groups is 1. The summed E-state index contributed by atoms with van der Waals surface area (Å²) in [6.45, 7) is 8.93. The molecule has 1 aromatic heterocycles. The van der Waals surface area contributed by atoms with Crippen molar-refractivity contribution >= 4 is 11.6 Å². The van der Waals surface area contributed by atoms with Crippen LogP contribution in [-0.4, -0.2) is 43.8 Å². The van der Waals surface area contributed by atoms with Gasteiger partial charge in [0.15, 0.2) is 5.96 Å². The molecule has 6 nitrogen and oxygen atoms in total. The predicted molar refractivity (Wildman–Crippen MR) is 106 cm³/mol. The van der Waals surface area contributed by atoms with Crippen LogP contribution in [0, 0.1) is 20.8 Å². The van der Waals surface area contributed by atoms with E-state index in [2.05, 4.69) is 56.9 Å². The molecule has 2 aromatic rings. The molecule has 2 N–H and O–H groups in total. The Morgan fingerprint density at radius 3 is 2.69 bits per heavy atom. The number of nitrogens with zero attached hydrogens (tertiary/aromatic N) is 3. The lowest BCUT2D eigenvalue weighted by Crippen LogP contribution is -2.45. The Kier molecular flexibility index (Phi) is 5.81. The number of aryl methyl sites for hydroxylation is 3. The van der Waals surface area contributed by atoms with Gasteiger partial charge in [-0.25, -0.2) is 0 Å². The van der Waals surface area contributed by atoms with Gasteiger partial charge in [0.05, 0.1) is 5.69 Å². The lowest BCUT2D eigenvalue weighted by Gasteiger charge is -2.20. The van der Waals surface area contributed by atoms with Gasteiger partial charge < -0.3 is 20.1 Å². The van der Waals surface area contributed by atoms with Gasteiger partial charge in [-0.15, -0.1) is 0 Å². The number of benzene rings is 1. The molecule has 2 heterocycles. The maximum atomic E-state index is 5.22. The molecule has 0 amide bonds. The number of rotatable bonds is 5. The van der Waals surface area contributed by atoms with Gasteiger partial charge in [-0.05, 0) is 45.7 Å². The normalized spacial score (nSPS) is 17.6. The van der Waals surface area contributed by atoms with Gasteiger partial charge in [-0.3, -0.25) is 4.99 Å². The molecule has 0 aliphatic carbocycles. The van der Waals surface area contributed by atoms with Crippen LogP contribution in [0.5, 0.6) is 0 Å². The van der Waals surface area contributed by atoms with Gasteiger partial charge >= 0.3 is 0 Å². The van der Waals surface area contributed by atoms with Crippen molar-refractivity contribution in [3.05, 3.63) is 46.8 Å². The Morgan fingerprint density at radius 2 is 2.04 bits per heavy atom. The average Bonchev–Trinajstić information content (AvgIpc) is 3.23. The zero-order valence-electron chi connectivity index (χ0n) is 16.2. The Morgan fingerprint density at radius 1 is 1.27 bits per heavy atom. The number of guanidine groups is 1. The molecule has 0 saturated carbocycles. The van der Waals surface area contributed by atoms with Gasteiger partial charge in [0.2, 0.25) is 0 Å². The summed E-state index contributed by atoms with van der Waals surface area (Å²) in [6, 6.07) is 9.15. The minimum absolute atomic E-state index is 0.404. The highest BCUT2D eigenvalue weighted by molar-refractivity contribution is 5.80. The molecule has 0 radical (unpaired) electrons. The molecule has 1 unspecified atom stereocenters. The molecule has 1 aliphatic rings. The Balaban J connectivity index is 1.47. The maximum Gasteiger partial charge on any atom is 0.191 e. The summed E-state index contributed by atoms with van der Waals surface area (Å²) in [6.07, 6.45) is 1.99. The molecular weight excluding hydrogens is 326 g/mol. The summed E-state index contributed by atoms with van der Waals surface area (Å²) in [7, 11) is 1.82. The van der Waals surface area contributed by atoms with Gasteiger partial charge in [0.1, 0.15) is 5.76 Å². The molecule has 1 saturated heterocycles. The summed E-state index contributed by atoms with van der Waals surface area (Å²) in [5.41, 5.74) is 4.74. The highest BCUT2D eigenvalue weighted by atomic mass is 16.5. The number of nitrogens with one attached hydrogen (secondary N) is 2. The van der Waals surface area contributed by atoms with Crippen molar-refractivity contribution in [2.45, 2.75) is 39.7 Å². The van der Waals surface area contributed by atoms with E-state index in [0.717, 1.165) is 49.9 Å². The van der Waals surface area contributed by atoms with E-state index in [-0.39, 0.29) is 0 Å². The second kappa shape index (κ2) is 8.25. The van der Waals surface area contributed by atoms with Gasteiger partial charge in [0, 0.05) is 44.0 Å². The van der Waals surface area contributed by atoms with Gasteiger partial charge in [0.25, 0.3) is 0 Å². The first kappa shape index (κ1) is 18.3. The second-order valence-electron chi connectivity index (χ2n) is 6.96. The van der Waals surface area contributed by atoms with E-state index in [4.69, 9.17) is 4.52 Å². The summed E-state index contributed by atoms with van der Waals surface area (Å²) in [5, 5.41) is 11.0. The third-order valence-corrected chi connectivity index (χ3v) is 5.00. The van der Waals surface area contributed by atoms with Crippen LogP contribution in [0.2, 0.25) is 0 Å². The zero-order valence-corrected chi connectivity index (χ0v) is 16.2. The van der Waals surface area contributed by atoms with E-state index in [0.29, 0.717) is 6.04 Å². The predicted octanol–water partition coefficient (Wildman–Crippen LogP) is 2.59. The summed E-state index contributed by atoms with van der Waals surface area (Å²) >= 11 is 0. The third kappa shape index (κ3) is 4.36. The largest absolute Gasteiger partial charge is 0.369 e. The highest BCUT2D eigenvalue weighted by Gasteiger charge is 2.23. The fourth-order valence-corrected chi connectivity index (χ4v) is 3.42. The molecule has 1 fully saturated rings. The smallest absolute Gasteiger partial charge is 0.191 e. The second-order valence-corrected chi connectivity index (χ2v) is 6.96. The SMILES string of the molecule is CN=C(NCCc1c(C)noc1C)NC1CCN(c2ccc(C)cc2)C1. The van der Waals surface area contributed by atoms with E-state index in [1.807, 2.05) is 20.9 Å². The van der Waals surface area contributed by atoms with Crippen molar-refractivity contribution in [3.8, 4) is 0 Å². The van der Waals surface area contributed by atoms with Gasteiger partial charge in [-0.2, -0.15) is 0 Å². The van der Waals surface area contributed by atoms with Crippen LogP contribution in [0.4, 0.5) is 5.69 Å². The molecular formula is C20H29N5O. The number of hydrogen-bond acceptors (Lipinski definition) is 4. The van der Waals surface area contributed by atoms with Crippen molar-refractivity contribution in [2.75, 3.05) is 31.6 Å². The minimum Gasteiger partial charge on any atom is -0.369 e. The standard InChI is InChI=1S/C20H29N5O/c1-14-5-7-18(8-6-14)25-12-10-17(13-25)23-20(21-4)22-11-9-19-15(2)24-26-16(19)3/h5-8,17H,9-13H2,1-4H3,(H2,21,22,23). The molecule has 3 rings (SSSR count). The van der Waals surface area contributed by atoms with Gasteiger partial charge in [-0.1, -0.05) is 22.9 Å². The molecule has 0 bridgehead atoms. The van der Waals surface area contributed by atoms with Crippen LogP contribution in [0.1, 0.15) is 29.0 Å². The van der Waals surface area contributed by atoms with E-state index in [1.54, 1.807) is 0 Å². The highest BCUT2D eigenvalue weighted by Crippen LogP contribution is 2.20. The minimum atomic E-state index is 0.404. The van der Waals surface area contributed by atoms with Crippen molar-refractivity contribution in [1.82, 2.24) is 15.8 Å². The summed E-state index contributed by atoms with van der Waals surface area (Å²) in [4.78, 5) is 6.79. The molecule has 140 valence electrons. The van der Waals surface area contributed by atoms with Crippen LogP contribution < -0.4 is 15.5 Å². The van der Waals surface area contributed by atoms with E-state index >= 15 is 0 Å². The van der Waals surface area contributed by atoms with Crippen molar-refractivity contribution in [1.29, 1.82) is 0 Å². The molecule has 26 heavy (non-hydrogen) atoms. The number of anilines is 1. The molecule has 1 aliphatic heterocycles. The van der Waals surface area contributed by atoms with E-state index < -0.39 is 0 Å². The lowest BCUT2D eigenvalue weighted by atomic mass is 10.1. The molecule has 1 aromatic carbocycles. The lowest BCUT2D eigenvalue weighted by molar-refractivity contribution is 0.392. The summed E-state index contributed by atoms with van der Waals surface area (Å²) < 4.78 is 5.22. The monoisotopic (exact) mass is 355 g/mol. The van der Waals surface area contributed by atoms with Crippen LogP contribution >= 0.6 is 0 Å². The van der Waals surface area contributed by atoms with E-state index in [9.17, 15) is 0 Å². The van der Waals surface area contributed by atoms with Crippen LogP contribution in [0.3, 0.4) is 0 Å². The first-order valence-electron chi connectivity index (χ1n) is 9.27. The van der Waals surface area contributed by atoms with Crippen LogP contribution in [-0.2, 0) is 6.42 Å². The fraction of sp³-hybridized carbons (Fsp3) is 0.500. The Bertz CT molecular complexity index is 731. The first-order valence-corrected chi connectivity index (χ1v) is 9.27. The first-order chi connectivity index (χ1) is 12.6. The average molecular weight is 355 g/mol. The Labute approximate surface area is 155 Å². The zero-order chi connectivity index (χ0) is 18.5. The fourth-order valence-electron chi connectivity index (χ4n) is 3.42. The quantitative estimate of drug-likeness (QED) is 0.637. The summed E-state index contributed by atoms with van der Waals surface area (Å²) in [5.74, 6) is 1.75. The molecule has 1 atom stereocenters. The van der Waals surface area contributed by atoms with Crippen LogP contribution in [0.15, 0.2) is 33.8 Å². The van der Waals surface area contributed by atoms with Crippen molar-refractivity contribution in [3.63, 3.8) is 0 Å². The third-order valence-electron chi connectivity index (χ3n) is 5.00. The Hall–Kier alpha value is -2.50. The van der Waals surface area contributed by atoms with Crippen LogP contribution in [0.25, 0.3) is 0 Å². The van der Waals surface area contributed by atoms with Crippen molar-refractivity contribution in [2.24, 2.45) is 4.99 Å². The number of hydrogen-bond donors (Lipinski definition) is 2.